The molecule has 8 atom stereocenters. The van der Waals surface area contributed by atoms with Gasteiger partial charge in [-0.2, -0.15) is 0 Å². The summed E-state index contributed by atoms with van der Waals surface area (Å²) in [4.78, 5) is 181. The Balaban J connectivity index is 8.72. The molecule has 0 aliphatic rings. The van der Waals surface area contributed by atoms with Crippen molar-refractivity contribution in [1.29, 1.82) is 0 Å². The number of rotatable bonds is 20. The van der Waals surface area contributed by atoms with Gasteiger partial charge in [-0.1, -0.05) is 0 Å². The van der Waals surface area contributed by atoms with Crippen LogP contribution >= 0.6 is 0 Å². The molecule has 0 heterocycles. The number of Topliss-reactive ketones (excluding diaryl/α,β-unsaturated/α-hetero) is 12. The fourth-order valence-electron chi connectivity index (χ4n) is 6.08. The molecule has 304 valence electrons. The van der Waals surface area contributed by atoms with Gasteiger partial charge in [0.25, 0.3) is 11.2 Å². The molecule has 0 fully saturated rings. The molecule has 0 unspecified atom stereocenters. The Morgan fingerprint density at radius 2 is 0.455 bits per heavy atom. The van der Waals surface area contributed by atoms with Crippen molar-refractivity contribution in [1.82, 2.24) is 0 Å². The molecule has 0 aromatic carbocycles. The quantitative estimate of drug-likeness (QED) is 0.0322. The van der Waals surface area contributed by atoms with Crippen molar-refractivity contribution < 1.29 is 113 Å². The Kier molecular flexibility index (Phi) is 13.8. The second-order valence-electron chi connectivity index (χ2n) is 12.6. The Bertz CT molecular complexity index is 1740. The summed E-state index contributed by atoms with van der Waals surface area (Å²) in [5.74, 6) is -34.5. The average molecular weight is 791 g/mol. The summed E-state index contributed by atoms with van der Waals surface area (Å²) in [6.45, 7) is 0.954. The first kappa shape index (κ1) is 49.9. The van der Waals surface area contributed by atoms with E-state index >= 15 is 0 Å². The summed E-state index contributed by atoms with van der Waals surface area (Å²) in [6.07, 6.45) is 0. The summed E-state index contributed by atoms with van der Waals surface area (Å²) < 4.78 is 4.08. The van der Waals surface area contributed by atoms with Crippen LogP contribution in [0, 0.1) is 0 Å². The summed E-state index contributed by atoms with van der Waals surface area (Å²) in [5.41, 5.74) is -40.2. The smallest absolute Gasteiger partial charge is 0.357 e. The van der Waals surface area contributed by atoms with Crippen LogP contribution in [0.5, 0.6) is 0 Å². The zero-order valence-corrected chi connectivity index (χ0v) is 30.7. The first-order chi connectivity index (χ1) is 24.3. The van der Waals surface area contributed by atoms with Gasteiger partial charge in [0.15, 0.2) is 57.8 Å². The van der Waals surface area contributed by atoms with Crippen LogP contribution in [-0.2, 0) is 71.9 Å². The van der Waals surface area contributed by atoms with E-state index in [1.165, 1.54) is 0 Å². The highest BCUT2D eigenvalue weighted by molar-refractivity contribution is 6.46. The van der Waals surface area contributed by atoms with Gasteiger partial charge in [0.1, 0.15) is 0 Å². The predicted molar refractivity (Wildman–Crippen MR) is 168 cm³/mol. The second-order valence-corrected chi connectivity index (χ2v) is 12.6. The highest BCUT2D eigenvalue weighted by Gasteiger charge is 2.84. The topological polar surface area (TPSA) is 410 Å². The summed E-state index contributed by atoms with van der Waals surface area (Å²) >= 11 is 0. The van der Waals surface area contributed by atoms with E-state index < -0.39 is 126 Å². The van der Waals surface area contributed by atoms with E-state index in [1.807, 2.05) is 0 Å². The van der Waals surface area contributed by atoms with Gasteiger partial charge in [0.05, 0.1) is 0 Å². The first-order valence-corrected chi connectivity index (χ1v) is 15.1. The molecule has 0 spiro atoms. The highest BCUT2D eigenvalue weighted by atomic mass is 16.6. The first-order valence-electron chi connectivity index (χ1n) is 15.1. The van der Waals surface area contributed by atoms with Crippen molar-refractivity contribution in [3.8, 4) is 0 Å². The Labute approximate surface area is 308 Å². The molecule has 0 aliphatic heterocycles. The van der Waals surface area contributed by atoms with E-state index in [0.29, 0.717) is 13.8 Å². The molecule has 0 saturated carbocycles. The second kappa shape index (κ2) is 15.2. The number of esters is 2. The molecule has 8 N–H and O–H groups in total. The van der Waals surface area contributed by atoms with Gasteiger partial charge in [0, 0.05) is 13.8 Å². The largest absolute Gasteiger partial charge is 0.388 e. The van der Waals surface area contributed by atoms with Gasteiger partial charge < -0.3 is 45.6 Å². The minimum absolute atomic E-state index is 0.00225. The van der Waals surface area contributed by atoms with Crippen molar-refractivity contribution in [3.05, 3.63) is 0 Å². The van der Waals surface area contributed by atoms with Crippen LogP contribution in [0.2, 0.25) is 0 Å². The Morgan fingerprint density at radius 3 is 0.582 bits per heavy atom. The van der Waals surface area contributed by atoms with Crippen LogP contribution in [-0.4, -0.2) is 167 Å². The monoisotopic (exact) mass is 790 g/mol. The van der Waals surface area contributed by atoms with Gasteiger partial charge in [-0.15, -0.1) is 0 Å². The number of hydrogen-bond acceptors (Lipinski definition) is 23. The molecule has 23 nitrogen and oxygen atoms in total. The van der Waals surface area contributed by atoms with Crippen molar-refractivity contribution in [3.63, 3.8) is 0 Å². The number of hydrogen-bond donors (Lipinski definition) is 8. The average Bonchev–Trinajstić information content (AvgIpc) is 3.06. The summed E-state index contributed by atoms with van der Waals surface area (Å²) in [7, 11) is 0. The molecule has 0 aromatic rings. The molecule has 55 heavy (non-hydrogen) atoms. The van der Waals surface area contributed by atoms with Gasteiger partial charge in [-0.25, -0.2) is 9.59 Å². The van der Waals surface area contributed by atoms with E-state index in [9.17, 15) is 108 Å². The third kappa shape index (κ3) is 6.08. The fourth-order valence-corrected chi connectivity index (χ4v) is 6.08. The van der Waals surface area contributed by atoms with Crippen LogP contribution in [0.3, 0.4) is 0 Å². The van der Waals surface area contributed by atoms with Gasteiger partial charge >= 0.3 is 11.9 Å². The van der Waals surface area contributed by atoms with E-state index in [-0.39, 0.29) is 55.4 Å². The number of carbonyl (C=O) groups is 14. The van der Waals surface area contributed by atoms with E-state index in [0.717, 1.165) is 0 Å². The normalized spacial score (nSPS) is 20.2. The maximum atomic E-state index is 13.7. The maximum Gasteiger partial charge on any atom is 0.357 e. The lowest BCUT2D eigenvalue weighted by Crippen LogP contribution is -2.87. The van der Waals surface area contributed by atoms with Crippen LogP contribution in [0.1, 0.15) is 69.2 Å². The number of aliphatic hydroxyl groups is 8. The molecule has 0 bridgehead atoms. The van der Waals surface area contributed by atoms with Crippen LogP contribution in [0.25, 0.3) is 0 Å². The van der Waals surface area contributed by atoms with Gasteiger partial charge in [-0.3, -0.25) is 57.5 Å². The van der Waals surface area contributed by atoms with Crippen LogP contribution in [0.15, 0.2) is 0 Å². The molecule has 0 saturated heterocycles. The molecular weight excluding hydrogens is 752 g/mol. The third-order valence-corrected chi connectivity index (χ3v) is 9.29. The number of ether oxygens (including phenoxy) is 1. The molecule has 0 radical (unpaired) electrons. The van der Waals surface area contributed by atoms with Crippen LogP contribution < -0.4 is 0 Å². The fraction of sp³-hybridized carbons (Fsp3) is 0.562. The van der Waals surface area contributed by atoms with Crippen LogP contribution in [0.4, 0.5) is 0 Å². The molecule has 0 aromatic heterocycles. The lowest BCUT2D eigenvalue weighted by molar-refractivity contribution is -0.267. The minimum Gasteiger partial charge on any atom is -0.388 e. The summed E-state index contributed by atoms with van der Waals surface area (Å²) in [6, 6.07) is 0. The minimum atomic E-state index is -5.19. The van der Waals surface area contributed by atoms with Crippen molar-refractivity contribution in [2.24, 2.45) is 0 Å². The molecule has 0 aliphatic carbocycles. The lowest BCUT2D eigenvalue weighted by atomic mass is 9.56. The Hall–Kier alpha value is -5.14. The number of carbonyl (C=O) groups excluding carboxylic acids is 14. The van der Waals surface area contributed by atoms with E-state index in [1.54, 1.807) is 0 Å². The maximum absolute atomic E-state index is 13.7. The molecule has 23 heteroatoms. The summed E-state index contributed by atoms with van der Waals surface area (Å²) in [5, 5.41) is 91.8. The molecular formula is C32H38O23. The lowest BCUT2D eigenvalue weighted by Gasteiger charge is -2.52. The molecule has 0 amide bonds. The third-order valence-electron chi connectivity index (χ3n) is 9.29. The van der Waals surface area contributed by atoms with Crippen molar-refractivity contribution in [2.75, 3.05) is 0 Å². The van der Waals surface area contributed by atoms with Gasteiger partial charge in [-0.05, 0) is 55.4 Å². The molecule has 0 rings (SSSR count). The van der Waals surface area contributed by atoms with E-state index in [4.69, 9.17) is 0 Å². The SMILES string of the molecule is CC(=O)C(=O)[C@@](O)(C(C)=O)[C@](O)(C(C)=O)[C@@](O)(C(C)=O)[C@@](O)(C(C)=O)C(=O)OC(=O)[C@](O)(C(C)=O)[C@](O)(C(C)=O)[C@@](O)(C(C)=O)[C@](O)(C(C)=O)C(=O)C(C)=O. The van der Waals surface area contributed by atoms with Gasteiger partial charge in [0.2, 0.25) is 45.2 Å². The van der Waals surface area contributed by atoms with Crippen molar-refractivity contribution in [2.45, 2.75) is 114 Å². The number of ketones is 12. The van der Waals surface area contributed by atoms with Crippen molar-refractivity contribution >= 4 is 81.3 Å². The standard InChI is InChI=1S/C32H38O23/c1-11(33)21(43)25(47,13(3)35)29(51,17(7)39)31(53,19(9)41)27(49,15(5)37)23(45)55-24(46)28(50,16(6)38)32(54,20(10)42)30(52,18(8)40)26(48,14(4)36)22(44)12(2)34/h47-54H,1-10H3/t25-,26-,27+,28+,29+,30+,31+,32+/m0/s1. The highest BCUT2D eigenvalue weighted by Crippen LogP contribution is 2.47. The van der Waals surface area contributed by atoms with E-state index in [2.05, 4.69) is 4.74 Å². The zero-order chi connectivity index (χ0) is 44.8. The Morgan fingerprint density at radius 1 is 0.291 bits per heavy atom. The predicted octanol–water partition coefficient (Wildman–Crippen LogP) is -7.07. The zero-order valence-electron chi connectivity index (χ0n) is 30.7.